The van der Waals surface area contributed by atoms with E-state index in [0.717, 1.165) is 38.3 Å². The van der Waals surface area contributed by atoms with E-state index < -0.39 is 11.6 Å². The summed E-state index contributed by atoms with van der Waals surface area (Å²) >= 11 is 0. The second kappa shape index (κ2) is 5.65. The molecule has 0 aromatic heterocycles. The molecule has 0 saturated carbocycles. The van der Waals surface area contributed by atoms with E-state index in [2.05, 4.69) is 6.92 Å². The van der Waals surface area contributed by atoms with Crippen LogP contribution >= 0.6 is 0 Å². The summed E-state index contributed by atoms with van der Waals surface area (Å²) in [6, 6.07) is 3.23. The van der Waals surface area contributed by atoms with Crippen molar-refractivity contribution in [3.63, 3.8) is 0 Å². The van der Waals surface area contributed by atoms with Crippen LogP contribution in [0.15, 0.2) is 12.1 Å². The lowest BCUT2D eigenvalue weighted by atomic mass is 9.94. The first-order valence-electron chi connectivity index (χ1n) is 6.59. The smallest absolute Gasteiger partial charge is 0.182 e. The lowest BCUT2D eigenvalue weighted by Crippen LogP contribution is -2.34. The van der Waals surface area contributed by atoms with Gasteiger partial charge in [-0.05, 0) is 24.8 Å². The van der Waals surface area contributed by atoms with Crippen molar-refractivity contribution in [1.82, 2.24) is 0 Å². The quantitative estimate of drug-likeness (QED) is 0.898. The normalized spacial score (nSPS) is 17.2. The fraction of sp³-hybridized carbons (Fsp3) is 0.571. The maximum Gasteiger partial charge on any atom is 0.182 e. The predicted molar refractivity (Wildman–Crippen MR) is 69.5 cm³/mol. The summed E-state index contributed by atoms with van der Waals surface area (Å²) in [5.41, 5.74) is 5.97. The molecular weight excluding hydrogens is 234 g/mol. The molecule has 1 heterocycles. The van der Waals surface area contributed by atoms with Crippen molar-refractivity contribution in [2.24, 2.45) is 11.7 Å². The highest BCUT2D eigenvalue weighted by atomic mass is 19.2. The highest BCUT2D eigenvalue weighted by Gasteiger charge is 2.22. The Labute approximate surface area is 107 Å². The van der Waals surface area contributed by atoms with E-state index in [1.165, 1.54) is 0 Å². The van der Waals surface area contributed by atoms with Gasteiger partial charge in [0.25, 0.3) is 0 Å². The van der Waals surface area contributed by atoms with Crippen LogP contribution < -0.4 is 10.6 Å². The zero-order valence-corrected chi connectivity index (χ0v) is 10.8. The van der Waals surface area contributed by atoms with Crippen molar-refractivity contribution in [1.29, 1.82) is 0 Å². The predicted octanol–water partition coefficient (Wildman–Crippen LogP) is 3.05. The van der Waals surface area contributed by atoms with Crippen LogP contribution in [0, 0.1) is 17.6 Å². The van der Waals surface area contributed by atoms with Crippen LogP contribution in [0.2, 0.25) is 0 Å². The first-order chi connectivity index (χ1) is 8.67. The summed E-state index contributed by atoms with van der Waals surface area (Å²) < 4.78 is 27.6. The summed E-state index contributed by atoms with van der Waals surface area (Å²) in [4.78, 5) is 1.94. The Bertz CT molecular complexity index is 413. The van der Waals surface area contributed by atoms with Crippen molar-refractivity contribution in [2.45, 2.75) is 32.7 Å². The average Bonchev–Trinajstić information content (AvgIpc) is 2.42. The minimum absolute atomic E-state index is 0.0287. The molecule has 0 amide bonds. The molecule has 1 aliphatic heterocycles. The van der Waals surface area contributed by atoms with Gasteiger partial charge in [0, 0.05) is 25.2 Å². The summed E-state index contributed by atoms with van der Waals surface area (Å²) in [7, 11) is 0. The molecule has 2 nitrogen and oxygen atoms in total. The van der Waals surface area contributed by atoms with Gasteiger partial charge in [0.1, 0.15) is 0 Å². The number of halogens is 2. The van der Waals surface area contributed by atoms with Gasteiger partial charge < -0.3 is 10.6 Å². The Morgan fingerprint density at radius 3 is 2.44 bits per heavy atom. The topological polar surface area (TPSA) is 29.3 Å². The van der Waals surface area contributed by atoms with E-state index in [0.29, 0.717) is 5.69 Å². The van der Waals surface area contributed by atoms with Gasteiger partial charge in [-0.15, -0.1) is 0 Å². The van der Waals surface area contributed by atoms with Crippen molar-refractivity contribution in [3.05, 3.63) is 29.3 Å². The number of anilines is 1. The second-order valence-corrected chi connectivity index (χ2v) is 4.91. The van der Waals surface area contributed by atoms with E-state index in [1.807, 2.05) is 4.90 Å². The molecule has 1 aliphatic rings. The maximum atomic E-state index is 13.9. The molecule has 1 saturated heterocycles. The van der Waals surface area contributed by atoms with Crippen molar-refractivity contribution in [2.75, 3.05) is 18.0 Å². The van der Waals surface area contributed by atoms with Crippen molar-refractivity contribution in [3.8, 4) is 0 Å². The Morgan fingerprint density at radius 1 is 1.22 bits per heavy atom. The van der Waals surface area contributed by atoms with E-state index in [4.69, 9.17) is 5.73 Å². The van der Waals surface area contributed by atoms with Crippen LogP contribution in [-0.2, 0) is 6.54 Å². The number of nitrogens with zero attached hydrogens (tertiary/aromatic N) is 1. The molecule has 1 aromatic carbocycles. The van der Waals surface area contributed by atoms with Crippen LogP contribution in [0.4, 0.5) is 14.5 Å². The molecule has 100 valence electrons. The Hall–Kier alpha value is -1.16. The fourth-order valence-electron chi connectivity index (χ4n) is 2.56. The lowest BCUT2D eigenvalue weighted by molar-refractivity contribution is 0.390. The number of hydrogen-bond donors (Lipinski definition) is 1. The minimum atomic E-state index is -0.799. The second-order valence-electron chi connectivity index (χ2n) is 4.91. The van der Waals surface area contributed by atoms with Gasteiger partial charge in [-0.25, -0.2) is 8.78 Å². The first-order valence-corrected chi connectivity index (χ1v) is 6.59. The van der Waals surface area contributed by atoms with Gasteiger partial charge >= 0.3 is 0 Å². The Balaban J connectivity index is 2.17. The Morgan fingerprint density at radius 2 is 1.89 bits per heavy atom. The van der Waals surface area contributed by atoms with Crippen LogP contribution in [0.1, 0.15) is 31.7 Å². The van der Waals surface area contributed by atoms with Crippen LogP contribution in [-0.4, -0.2) is 13.1 Å². The number of benzene rings is 1. The molecule has 2 rings (SSSR count). The first kappa shape index (κ1) is 13.3. The molecule has 0 unspecified atom stereocenters. The maximum absolute atomic E-state index is 13.9. The standard InChI is InChI=1S/C14H20F2N2/c1-2-10-5-7-18(8-6-10)12-4-3-11(9-17)13(15)14(12)16/h3-4,10H,2,5-9,17H2,1H3. The van der Waals surface area contributed by atoms with Crippen LogP contribution in [0.25, 0.3) is 0 Å². The molecule has 0 radical (unpaired) electrons. The molecular formula is C14H20F2N2. The molecule has 18 heavy (non-hydrogen) atoms. The molecule has 2 N–H and O–H groups in total. The molecule has 0 bridgehead atoms. The lowest BCUT2D eigenvalue weighted by Gasteiger charge is -2.33. The van der Waals surface area contributed by atoms with Crippen molar-refractivity contribution >= 4 is 5.69 Å². The number of hydrogen-bond acceptors (Lipinski definition) is 2. The number of piperidine rings is 1. The van der Waals surface area contributed by atoms with Gasteiger partial charge in [-0.2, -0.15) is 0 Å². The third kappa shape index (κ3) is 2.48. The van der Waals surface area contributed by atoms with E-state index in [-0.39, 0.29) is 12.1 Å². The molecule has 0 aliphatic carbocycles. The summed E-state index contributed by atoms with van der Waals surface area (Å²) in [6.07, 6.45) is 3.27. The van der Waals surface area contributed by atoms with Crippen molar-refractivity contribution < 1.29 is 8.78 Å². The Kier molecular flexibility index (Phi) is 4.17. The summed E-state index contributed by atoms with van der Waals surface area (Å²) in [5, 5.41) is 0. The molecule has 1 aromatic rings. The van der Waals surface area contributed by atoms with Gasteiger partial charge in [-0.3, -0.25) is 0 Å². The van der Waals surface area contributed by atoms with E-state index >= 15 is 0 Å². The minimum Gasteiger partial charge on any atom is -0.369 e. The molecule has 0 atom stereocenters. The van der Waals surface area contributed by atoms with Gasteiger partial charge in [0.2, 0.25) is 0 Å². The zero-order chi connectivity index (χ0) is 13.1. The summed E-state index contributed by atoms with van der Waals surface area (Å²) in [5.74, 6) is -0.835. The summed E-state index contributed by atoms with van der Waals surface area (Å²) in [6.45, 7) is 3.81. The third-order valence-corrected chi connectivity index (χ3v) is 3.89. The largest absolute Gasteiger partial charge is 0.369 e. The van der Waals surface area contributed by atoms with Gasteiger partial charge in [0.05, 0.1) is 5.69 Å². The number of nitrogens with two attached hydrogens (primary N) is 1. The van der Waals surface area contributed by atoms with Crippen LogP contribution in [0.3, 0.4) is 0 Å². The molecule has 0 spiro atoms. The third-order valence-electron chi connectivity index (χ3n) is 3.89. The van der Waals surface area contributed by atoms with E-state index in [9.17, 15) is 8.78 Å². The fourth-order valence-corrected chi connectivity index (χ4v) is 2.56. The van der Waals surface area contributed by atoms with Gasteiger partial charge in [0.15, 0.2) is 11.6 Å². The molecule has 4 heteroatoms. The van der Waals surface area contributed by atoms with Crippen LogP contribution in [0.5, 0.6) is 0 Å². The number of rotatable bonds is 3. The van der Waals surface area contributed by atoms with E-state index in [1.54, 1.807) is 12.1 Å². The molecule has 1 fully saturated rings. The highest BCUT2D eigenvalue weighted by molar-refractivity contribution is 5.50. The average molecular weight is 254 g/mol. The zero-order valence-electron chi connectivity index (χ0n) is 10.8. The SMILES string of the molecule is CCC1CCN(c2ccc(CN)c(F)c2F)CC1. The highest BCUT2D eigenvalue weighted by Crippen LogP contribution is 2.29. The monoisotopic (exact) mass is 254 g/mol. The van der Waals surface area contributed by atoms with Gasteiger partial charge in [-0.1, -0.05) is 19.4 Å².